The van der Waals surface area contributed by atoms with E-state index in [-0.39, 0.29) is 19.5 Å². The molecule has 0 unspecified atom stereocenters. The number of ether oxygens (including phenoxy) is 1. The smallest absolute Gasteiger partial charge is 0.445 e. The fourth-order valence-electron chi connectivity index (χ4n) is 1.47. The van der Waals surface area contributed by atoms with Gasteiger partial charge >= 0.3 is 13.1 Å². The maximum Gasteiger partial charge on any atom is 0.505 e. The number of rotatable bonds is 1. The van der Waals surface area contributed by atoms with Gasteiger partial charge in [0.2, 0.25) is 0 Å². The fourth-order valence-corrected chi connectivity index (χ4v) is 1.47. The van der Waals surface area contributed by atoms with Gasteiger partial charge in [-0.3, -0.25) is 0 Å². The number of hydrogen-bond acceptors (Lipinski definition) is 2. The van der Waals surface area contributed by atoms with E-state index in [2.05, 4.69) is 0 Å². The maximum absolute atomic E-state index is 12.4. The van der Waals surface area contributed by atoms with E-state index in [4.69, 9.17) is 4.74 Å². The Morgan fingerprint density at radius 2 is 2.00 bits per heavy atom. The van der Waals surface area contributed by atoms with Crippen molar-refractivity contribution < 1.29 is 22.5 Å². The molecular formula is C10H16BF3NO2-. The Balaban J connectivity index is 2.58. The van der Waals surface area contributed by atoms with Crippen LogP contribution in [0.2, 0.25) is 0 Å². The Morgan fingerprint density at radius 1 is 1.41 bits per heavy atom. The summed E-state index contributed by atoms with van der Waals surface area (Å²) >= 11 is 0. The second-order valence-corrected chi connectivity index (χ2v) is 5.03. The molecule has 0 aromatic rings. The van der Waals surface area contributed by atoms with E-state index >= 15 is 0 Å². The quantitative estimate of drug-likeness (QED) is 0.669. The van der Waals surface area contributed by atoms with Crippen molar-refractivity contribution in [2.75, 3.05) is 13.1 Å². The third-order valence-corrected chi connectivity index (χ3v) is 2.32. The third kappa shape index (κ3) is 4.32. The molecule has 1 rings (SSSR count). The average Bonchev–Trinajstić information content (AvgIpc) is 2.14. The standard InChI is InChI=1S/C10H16BF3NO2/c1-10(2,3)17-9(16)15-6-4-8(5-7-15)11(12,13)14/h4H,5-7H2,1-3H3/q-1. The van der Waals surface area contributed by atoms with E-state index in [1.165, 1.54) is 4.90 Å². The fraction of sp³-hybridized carbons (Fsp3) is 0.700. The molecule has 0 fully saturated rings. The molecule has 0 saturated carbocycles. The number of nitrogens with zero attached hydrogens (tertiary/aromatic N) is 1. The molecule has 0 radical (unpaired) electrons. The summed E-state index contributed by atoms with van der Waals surface area (Å²) in [6.45, 7) is 0.254. The van der Waals surface area contributed by atoms with Crippen LogP contribution in [0.3, 0.4) is 0 Å². The first-order chi connectivity index (χ1) is 7.59. The Labute approximate surface area is 98.7 Å². The van der Waals surface area contributed by atoms with Gasteiger partial charge in [0.25, 0.3) is 0 Å². The van der Waals surface area contributed by atoms with Gasteiger partial charge in [0.05, 0.1) is 0 Å². The molecule has 7 heteroatoms. The van der Waals surface area contributed by atoms with Gasteiger partial charge in [0.15, 0.2) is 0 Å². The Hall–Kier alpha value is -1.14. The molecule has 17 heavy (non-hydrogen) atoms. The van der Waals surface area contributed by atoms with Crippen molar-refractivity contribution in [3.8, 4) is 0 Å². The molecule has 1 amide bonds. The molecule has 0 bridgehead atoms. The van der Waals surface area contributed by atoms with Gasteiger partial charge in [-0.15, -0.1) is 5.47 Å². The van der Waals surface area contributed by atoms with Crippen molar-refractivity contribution in [2.24, 2.45) is 0 Å². The van der Waals surface area contributed by atoms with Crippen LogP contribution in [-0.2, 0) is 4.74 Å². The van der Waals surface area contributed by atoms with E-state index in [1.54, 1.807) is 20.8 Å². The second-order valence-electron chi connectivity index (χ2n) is 5.03. The molecule has 1 aliphatic heterocycles. The van der Waals surface area contributed by atoms with Crippen LogP contribution >= 0.6 is 0 Å². The van der Waals surface area contributed by atoms with Crippen molar-refractivity contribution >= 4 is 13.1 Å². The Kier molecular flexibility index (Phi) is 3.79. The van der Waals surface area contributed by atoms with E-state index in [0.717, 1.165) is 6.08 Å². The van der Waals surface area contributed by atoms with Gasteiger partial charge in [-0.25, -0.2) is 4.79 Å². The summed E-state index contributed by atoms with van der Waals surface area (Å²) in [5.41, 5.74) is -1.14. The van der Waals surface area contributed by atoms with Crippen LogP contribution in [0.15, 0.2) is 11.5 Å². The van der Waals surface area contributed by atoms with Gasteiger partial charge in [0, 0.05) is 13.1 Å². The van der Waals surface area contributed by atoms with Crippen LogP contribution in [0.1, 0.15) is 27.2 Å². The predicted octanol–water partition coefficient (Wildman–Crippen LogP) is 2.94. The predicted molar refractivity (Wildman–Crippen MR) is 59.6 cm³/mol. The van der Waals surface area contributed by atoms with Crippen LogP contribution < -0.4 is 0 Å². The zero-order valence-electron chi connectivity index (χ0n) is 10.2. The van der Waals surface area contributed by atoms with Crippen LogP contribution in [0.4, 0.5) is 17.7 Å². The Morgan fingerprint density at radius 3 is 2.35 bits per heavy atom. The summed E-state index contributed by atoms with van der Waals surface area (Å²) in [5, 5.41) is 0. The van der Waals surface area contributed by atoms with E-state index in [9.17, 15) is 17.7 Å². The Bertz CT molecular complexity index is 333. The first kappa shape index (κ1) is 13.9. The summed E-state index contributed by atoms with van der Waals surface area (Å²) in [4.78, 5) is 12.8. The number of hydrogen-bond donors (Lipinski definition) is 0. The number of halogens is 3. The average molecular weight is 250 g/mol. The highest BCUT2D eigenvalue weighted by molar-refractivity contribution is 6.66. The maximum atomic E-state index is 12.4. The summed E-state index contributed by atoms with van der Waals surface area (Å²) < 4.78 is 42.3. The van der Waals surface area contributed by atoms with Crippen molar-refractivity contribution in [3.05, 3.63) is 11.5 Å². The van der Waals surface area contributed by atoms with Crippen molar-refractivity contribution in [1.82, 2.24) is 4.90 Å². The molecule has 98 valence electrons. The third-order valence-electron chi connectivity index (χ3n) is 2.32. The number of carbonyl (C=O) groups excluding carboxylic acids is 1. The summed E-state index contributed by atoms with van der Waals surface area (Å²) in [5.74, 6) is 0. The summed E-state index contributed by atoms with van der Waals surface area (Å²) in [7, 11) is 0. The number of amides is 1. The van der Waals surface area contributed by atoms with Crippen LogP contribution in [-0.4, -0.2) is 36.7 Å². The van der Waals surface area contributed by atoms with Gasteiger partial charge in [0.1, 0.15) is 5.60 Å². The molecule has 0 atom stereocenters. The molecule has 3 nitrogen and oxygen atoms in total. The minimum Gasteiger partial charge on any atom is -0.445 e. The molecule has 1 heterocycles. The minimum atomic E-state index is -4.92. The van der Waals surface area contributed by atoms with Gasteiger partial charge in [-0.2, -0.15) is 0 Å². The lowest BCUT2D eigenvalue weighted by Crippen LogP contribution is -2.41. The molecule has 1 aliphatic rings. The van der Waals surface area contributed by atoms with Crippen LogP contribution in [0.25, 0.3) is 0 Å². The SMILES string of the molecule is CC(C)(C)OC(=O)N1CC=C([B-](F)(F)F)CC1. The van der Waals surface area contributed by atoms with Crippen molar-refractivity contribution in [3.63, 3.8) is 0 Å². The molecular weight excluding hydrogens is 234 g/mol. The highest BCUT2D eigenvalue weighted by Crippen LogP contribution is 2.26. The van der Waals surface area contributed by atoms with Gasteiger partial charge < -0.3 is 22.6 Å². The molecule has 0 aromatic heterocycles. The molecule has 0 spiro atoms. The first-order valence-corrected chi connectivity index (χ1v) is 5.46. The lowest BCUT2D eigenvalue weighted by atomic mass is 9.76. The monoisotopic (exact) mass is 250 g/mol. The van der Waals surface area contributed by atoms with E-state index in [0.29, 0.717) is 0 Å². The number of carbonyl (C=O) groups is 1. The van der Waals surface area contributed by atoms with Crippen molar-refractivity contribution in [1.29, 1.82) is 0 Å². The molecule has 0 N–H and O–H groups in total. The van der Waals surface area contributed by atoms with E-state index < -0.39 is 24.1 Å². The van der Waals surface area contributed by atoms with E-state index in [1.807, 2.05) is 0 Å². The minimum absolute atomic E-state index is 0.0362. The highest BCUT2D eigenvalue weighted by Gasteiger charge is 2.31. The van der Waals surface area contributed by atoms with Crippen LogP contribution in [0, 0.1) is 0 Å². The second kappa shape index (κ2) is 4.62. The summed E-state index contributed by atoms with van der Waals surface area (Å²) in [6, 6.07) is 0. The molecule has 0 aromatic carbocycles. The largest absolute Gasteiger partial charge is 0.505 e. The topological polar surface area (TPSA) is 29.5 Å². The van der Waals surface area contributed by atoms with Gasteiger partial charge in [-0.1, -0.05) is 6.08 Å². The van der Waals surface area contributed by atoms with Crippen molar-refractivity contribution in [2.45, 2.75) is 32.8 Å². The normalized spacial score (nSPS) is 17.8. The highest BCUT2D eigenvalue weighted by atomic mass is 19.4. The van der Waals surface area contributed by atoms with Crippen LogP contribution in [0.5, 0.6) is 0 Å². The summed E-state index contributed by atoms with van der Waals surface area (Å²) in [6.07, 6.45) is 0.346. The lowest BCUT2D eigenvalue weighted by Gasteiger charge is -2.32. The zero-order chi connectivity index (χ0) is 13.3. The molecule has 0 saturated heterocycles. The van der Waals surface area contributed by atoms with Gasteiger partial charge in [-0.05, 0) is 27.2 Å². The zero-order valence-corrected chi connectivity index (χ0v) is 10.2. The first-order valence-electron chi connectivity index (χ1n) is 5.46. The lowest BCUT2D eigenvalue weighted by molar-refractivity contribution is 0.0266. The molecule has 0 aliphatic carbocycles.